The van der Waals surface area contributed by atoms with E-state index in [0.29, 0.717) is 16.1 Å². The number of benzene rings is 1. The molecule has 3 heterocycles. The fourth-order valence-electron chi connectivity index (χ4n) is 3.08. The molecule has 0 unspecified atom stereocenters. The normalized spacial score (nSPS) is 15.6. The highest BCUT2D eigenvalue weighted by Gasteiger charge is 2.26. The average Bonchev–Trinajstić information content (AvgIpc) is 3.09. The zero-order valence-corrected chi connectivity index (χ0v) is 14.9. The zero-order chi connectivity index (χ0) is 17.4. The minimum absolute atomic E-state index is 0.156. The second kappa shape index (κ2) is 6.33. The molecule has 0 spiro atoms. The van der Waals surface area contributed by atoms with Gasteiger partial charge in [-0.25, -0.2) is 13.4 Å². The molecule has 25 heavy (non-hydrogen) atoms. The number of fused-ring (bicyclic) bond motifs is 1. The Hall–Kier alpha value is -2.09. The first-order valence-electron chi connectivity index (χ1n) is 8.00. The number of piperazine rings is 1. The first kappa shape index (κ1) is 16.4. The molecule has 3 aromatic rings. The molecule has 0 bridgehead atoms. The van der Waals surface area contributed by atoms with E-state index in [1.807, 2.05) is 0 Å². The van der Waals surface area contributed by atoms with Crippen LogP contribution in [0.15, 0.2) is 52.5 Å². The predicted octanol–water partition coefficient (Wildman–Crippen LogP) is 2.46. The molecular formula is C17H17ClN4O2S. The maximum Gasteiger partial charge on any atom is 0.208 e. The van der Waals surface area contributed by atoms with Crippen molar-refractivity contribution in [3.05, 3.63) is 47.7 Å². The smallest absolute Gasteiger partial charge is 0.208 e. The van der Waals surface area contributed by atoms with Crippen molar-refractivity contribution in [1.82, 2.24) is 15.3 Å². The van der Waals surface area contributed by atoms with E-state index in [9.17, 15) is 8.42 Å². The fourth-order valence-corrected chi connectivity index (χ4v) is 4.95. The summed E-state index contributed by atoms with van der Waals surface area (Å²) in [6.07, 6.45) is 3.17. The molecule has 1 fully saturated rings. The van der Waals surface area contributed by atoms with Crippen LogP contribution in [-0.2, 0) is 9.84 Å². The molecule has 2 N–H and O–H groups in total. The Morgan fingerprint density at radius 1 is 1.12 bits per heavy atom. The standard InChI is InChI=1S/C17H17ClN4O2S/c18-16-13(22-8-6-19-7-9-22)10-20-17-15(16)14(11-21-17)25(23,24)12-4-2-1-3-5-12/h1-5,10-11,19H,6-9H2,(H,20,21). The second-order valence-electron chi connectivity index (χ2n) is 5.89. The summed E-state index contributed by atoms with van der Waals surface area (Å²) in [5, 5.41) is 4.15. The lowest BCUT2D eigenvalue weighted by molar-refractivity contribution is 0.589. The Bertz CT molecular complexity index is 1010. The van der Waals surface area contributed by atoms with Crippen molar-refractivity contribution in [3.63, 3.8) is 0 Å². The highest BCUT2D eigenvalue weighted by Crippen LogP contribution is 2.37. The number of anilines is 1. The second-order valence-corrected chi connectivity index (χ2v) is 8.18. The van der Waals surface area contributed by atoms with Gasteiger partial charge in [0, 0.05) is 32.4 Å². The summed E-state index contributed by atoms with van der Waals surface area (Å²) >= 11 is 6.63. The number of aromatic amines is 1. The Labute approximate surface area is 150 Å². The monoisotopic (exact) mass is 376 g/mol. The fraction of sp³-hybridized carbons (Fsp3) is 0.235. The quantitative estimate of drug-likeness (QED) is 0.734. The van der Waals surface area contributed by atoms with Crippen LogP contribution in [0.5, 0.6) is 0 Å². The summed E-state index contributed by atoms with van der Waals surface area (Å²) in [5.41, 5.74) is 1.23. The molecule has 1 aliphatic heterocycles. The Morgan fingerprint density at radius 3 is 2.56 bits per heavy atom. The third-order valence-corrected chi connectivity index (χ3v) is 6.56. The number of rotatable bonds is 3. The third kappa shape index (κ3) is 2.78. The summed E-state index contributed by atoms with van der Waals surface area (Å²) in [5.74, 6) is 0. The van der Waals surface area contributed by atoms with Gasteiger partial charge in [-0.1, -0.05) is 29.8 Å². The number of sulfone groups is 1. The maximum atomic E-state index is 13.0. The summed E-state index contributed by atoms with van der Waals surface area (Å²) in [6.45, 7) is 3.32. The van der Waals surface area contributed by atoms with Gasteiger partial charge in [0.05, 0.1) is 27.2 Å². The van der Waals surface area contributed by atoms with Gasteiger partial charge < -0.3 is 15.2 Å². The maximum absolute atomic E-state index is 13.0. The molecule has 0 amide bonds. The molecule has 1 aliphatic rings. The lowest BCUT2D eigenvalue weighted by atomic mass is 10.2. The van der Waals surface area contributed by atoms with Crippen LogP contribution < -0.4 is 10.2 Å². The first-order chi connectivity index (χ1) is 12.1. The van der Waals surface area contributed by atoms with Gasteiger partial charge in [0.25, 0.3) is 0 Å². The lowest BCUT2D eigenvalue weighted by Crippen LogP contribution is -2.43. The van der Waals surface area contributed by atoms with E-state index in [0.717, 1.165) is 31.9 Å². The van der Waals surface area contributed by atoms with Crippen LogP contribution >= 0.6 is 11.6 Å². The van der Waals surface area contributed by atoms with Crippen molar-refractivity contribution in [2.45, 2.75) is 9.79 Å². The van der Waals surface area contributed by atoms with Crippen molar-refractivity contribution < 1.29 is 8.42 Å². The summed E-state index contributed by atoms with van der Waals surface area (Å²) < 4.78 is 26.0. The van der Waals surface area contributed by atoms with Crippen LogP contribution in [0.2, 0.25) is 5.02 Å². The molecule has 1 saturated heterocycles. The van der Waals surface area contributed by atoms with Crippen LogP contribution in [0.4, 0.5) is 5.69 Å². The first-order valence-corrected chi connectivity index (χ1v) is 9.86. The Balaban J connectivity index is 1.88. The number of H-pyrrole nitrogens is 1. The van der Waals surface area contributed by atoms with E-state index >= 15 is 0 Å². The molecule has 130 valence electrons. The van der Waals surface area contributed by atoms with E-state index in [2.05, 4.69) is 20.2 Å². The Morgan fingerprint density at radius 2 is 1.84 bits per heavy atom. The van der Waals surface area contributed by atoms with Crippen LogP contribution in [0.1, 0.15) is 0 Å². The number of nitrogens with one attached hydrogen (secondary N) is 2. The minimum Gasteiger partial charge on any atom is -0.367 e. The molecule has 0 saturated carbocycles. The van der Waals surface area contributed by atoms with Crippen molar-refractivity contribution in [3.8, 4) is 0 Å². The van der Waals surface area contributed by atoms with Crippen molar-refractivity contribution in [1.29, 1.82) is 0 Å². The van der Waals surface area contributed by atoms with Gasteiger partial charge in [-0.05, 0) is 12.1 Å². The number of nitrogens with zero attached hydrogens (tertiary/aromatic N) is 2. The number of hydrogen-bond donors (Lipinski definition) is 2. The Kier molecular flexibility index (Phi) is 4.15. The van der Waals surface area contributed by atoms with E-state index in [-0.39, 0.29) is 9.79 Å². The van der Waals surface area contributed by atoms with Gasteiger partial charge in [0.2, 0.25) is 9.84 Å². The lowest BCUT2D eigenvalue weighted by Gasteiger charge is -2.30. The van der Waals surface area contributed by atoms with Gasteiger partial charge in [0.1, 0.15) is 10.5 Å². The van der Waals surface area contributed by atoms with Crippen molar-refractivity contribution in [2.75, 3.05) is 31.1 Å². The van der Waals surface area contributed by atoms with Crippen molar-refractivity contribution in [2.24, 2.45) is 0 Å². The number of aromatic nitrogens is 2. The van der Waals surface area contributed by atoms with Crippen LogP contribution in [0.3, 0.4) is 0 Å². The van der Waals surface area contributed by atoms with Gasteiger partial charge in [0.15, 0.2) is 0 Å². The topological polar surface area (TPSA) is 78.1 Å². The zero-order valence-electron chi connectivity index (χ0n) is 13.4. The van der Waals surface area contributed by atoms with Gasteiger partial charge in [-0.3, -0.25) is 0 Å². The number of hydrogen-bond acceptors (Lipinski definition) is 5. The highest BCUT2D eigenvalue weighted by molar-refractivity contribution is 7.91. The SMILES string of the molecule is O=S(=O)(c1ccccc1)c1c[nH]c2ncc(N3CCNCC3)c(Cl)c12. The van der Waals surface area contributed by atoms with E-state index in [1.165, 1.54) is 6.20 Å². The van der Waals surface area contributed by atoms with E-state index in [1.54, 1.807) is 36.5 Å². The molecule has 4 rings (SSSR count). The predicted molar refractivity (Wildman–Crippen MR) is 98.1 cm³/mol. The molecule has 0 radical (unpaired) electrons. The minimum atomic E-state index is -3.68. The average molecular weight is 377 g/mol. The summed E-state index contributed by atoms with van der Waals surface area (Å²) in [7, 11) is -3.68. The molecule has 6 nitrogen and oxygen atoms in total. The molecule has 1 aromatic carbocycles. The summed E-state index contributed by atoms with van der Waals surface area (Å²) in [6, 6.07) is 8.35. The van der Waals surface area contributed by atoms with Crippen LogP contribution in [-0.4, -0.2) is 44.6 Å². The van der Waals surface area contributed by atoms with Crippen LogP contribution in [0.25, 0.3) is 11.0 Å². The number of pyridine rings is 1. The molecule has 8 heteroatoms. The summed E-state index contributed by atoms with van der Waals surface area (Å²) in [4.78, 5) is 9.82. The molecular weight excluding hydrogens is 360 g/mol. The largest absolute Gasteiger partial charge is 0.367 e. The van der Waals surface area contributed by atoms with E-state index < -0.39 is 9.84 Å². The van der Waals surface area contributed by atoms with Gasteiger partial charge in [-0.2, -0.15) is 0 Å². The van der Waals surface area contributed by atoms with Crippen molar-refractivity contribution >= 4 is 38.2 Å². The van der Waals surface area contributed by atoms with E-state index in [4.69, 9.17) is 11.6 Å². The highest BCUT2D eigenvalue weighted by atomic mass is 35.5. The molecule has 0 atom stereocenters. The van der Waals surface area contributed by atoms with Gasteiger partial charge in [-0.15, -0.1) is 0 Å². The van der Waals surface area contributed by atoms with Gasteiger partial charge >= 0.3 is 0 Å². The number of halogens is 1. The molecule has 2 aromatic heterocycles. The van der Waals surface area contributed by atoms with Crippen LogP contribution in [0, 0.1) is 0 Å². The molecule has 0 aliphatic carbocycles. The third-order valence-electron chi connectivity index (χ3n) is 4.38.